The fourth-order valence-electron chi connectivity index (χ4n) is 1.82. The Kier molecular flexibility index (Phi) is 6.21. The minimum Gasteiger partial charge on any atom is -0.341 e. The Hall–Kier alpha value is -0.220. The lowest BCUT2D eigenvalue weighted by molar-refractivity contribution is -0.131. The largest absolute Gasteiger partial charge is 0.341 e. The number of carbonyl (C=O) groups is 1. The summed E-state index contributed by atoms with van der Waals surface area (Å²) in [4.78, 5) is 14.0. The lowest BCUT2D eigenvalue weighted by Gasteiger charge is -2.32. The Balaban J connectivity index is 2.24. The zero-order valence-electron chi connectivity index (χ0n) is 10.7. The van der Waals surface area contributed by atoms with E-state index < -0.39 is 0 Å². The molecule has 0 spiro atoms. The smallest absolute Gasteiger partial charge is 0.223 e. The first-order valence-electron chi connectivity index (χ1n) is 6.26. The van der Waals surface area contributed by atoms with Crippen LogP contribution < -0.4 is 5.32 Å². The van der Waals surface area contributed by atoms with Crippen molar-refractivity contribution in [1.29, 1.82) is 0 Å². The fraction of sp³-hybridized carbons (Fsp3) is 0.917. The van der Waals surface area contributed by atoms with Crippen LogP contribution >= 0.6 is 11.8 Å². The van der Waals surface area contributed by atoms with Gasteiger partial charge in [-0.25, -0.2) is 0 Å². The van der Waals surface area contributed by atoms with E-state index in [1.54, 1.807) is 0 Å². The molecule has 4 heteroatoms. The van der Waals surface area contributed by atoms with Crippen molar-refractivity contribution in [2.24, 2.45) is 0 Å². The molecule has 0 radical (unpaired) electrons. The Morgan fingerprint density at radius 1 is 1.56 bits per heavy atom. The second-order valence-corrected chi connectivity index (χ2v) is 6.01. The second kappa shape index (κ2) is 7.17. The van der Waals surface area contributed by atoms with E-state index in [4.69, 9.17) is 0 Å². The maximum Gasteiger partial charge on any atom is 0.223 e. The summed E-state index contributed by atoms with van der Waals surface area (Å²) in [6.07, 6.45) is 1.80. The van der Waals surface area contributed by atoms with E-state index in [0.717, 1.165) is 25.4 Å². The molecule has 1 amide bonds. The van der Waals surface area contributed by atoms with Crippen molar-refractivity contribution >= 4 is 17.7 Å². The highest BCUT2D eigenvalue weighted by atomic mass is 32.2. The van der Waals surface area contributed by atoms with Crippen LogP contribution in [0.25, 0.3) is 0 Å². The molecular formula is C12H24N2OS. The zero-order chi connectivity index (χ0) is 12.0. The maximum absolute atomic E-state index is 11.9. The van der Waals surface area contributed by atoms with Gasteiger partial charge in [-0.2, -0.15) is 11.8 Å². The summed E-state index contributed by atoms with van der Waals surface area (Å²) in [7, 11) is 0. The summed E-state index contributed by atoms with van der Waals surface area (Å²) < 4.78 is 0. The molecule has 1 N–H and O–H groups in total. The number of nitrogens with one attached hydrogen (secondary N) is 1. The van der Waals surface area contributed by atoms with Gasteiger partial charge in [-0.1, -0.05) is 20.8 Å². The lowest BCUT2D eigenvalue weighted by atomic mass is 10.2. The molecule has 0 saturated carbocycles. The van der Waals surface area contributed by atoms with E-state index in [1.165, 1.54) is 6.42 Å². The van der Waals surface area contributed by atoms with Crippen LogP contribution in [0.3, 0.4) is 0 Å². The summed E-state index contributed by atoms with van der Waals surface area (Å²) in [5, 5.41) is 3.94. The molecule has 0 aromatic heterocycles. The highest BCUT2D eigenvalue weighted by Gasteiger charge is 2.22. The Bertz CT molecular complexity index is 221. The van der Waals surface area contributed by atoms with Gasteiger partial charge in [0.1, 0.15) is 0 Å². The molecule has 1 aliphatic heterocycles. The van der Waals surface area contributed by atoms with Crippen LogP contribution in [0.4, 0.5) is 0 Å². The van der Waals surface area contributed by atoms with Crippen LogP contribution in [0.2, 0.25) is 0 Å². The van der Waals surface area contributed by atoms with E-state index in [0.29, 0.717) is 23.6 Å². The molecule has 0 bridgehead atoms. The standard InChI is InChI=1S/C12H24N2OS/c1-4-11-9-14(7-8-16-11)12(15)5-6-13-10(2)3/h10-11,13H,4-9H2,1-3H3. The third-order valence-corrected chi connectivity index (χ3v) is 4.21. The second-order valence-electron chi connectivity index (χ2n) is 4.60. The lowest BCUT2D eigenvalue weighted by Crippen LogP contribution is -2.42. The summed E-state index contributed by atoms with van der Waals surface area (Å²) in [6.45, 7) is 9.09. The van der Waals surface area contributed by atoms with E-state index in [-0.39, 0.29) is 0 Å². The predicted molar refractivity (Wildman–Crippen MR) is 70.9 cm³/mol. The number of thioether (sulfide) groups is 1. The molecule has 94 valence electrons. The van der Waals surface area contributed by atoms with Gasteiger partial charge in [-0.05, 0) is 6.42 Å². The fourth-order valence-corrected chi connectivity index (χ4v) is 3.00. The van der Waals surface area contributed by atoms with Crippen LogP contribution in [0, 0.1) is 0 Å². The molecule has 1 atom stereocenters. The van der Waals surface area contributed by atoms with Gasteiger partial charge in [-0.15, -0.1) is 0 Å². The monoisotopic (exact) mass is 244 g/mol. The minimum atomic E-state index is 0.312. The van der Waals surface area contributed by atoms with Crippen molar-refractivity contribution in [3.05, 3.63) is 0 Å². The Labute approximate surface area is 103 Å². The van der Waals surface area contributed by atoms with Gasteiger partial charge < -0.3 is 10.2 Å². The average Bonchev–Trinajstić information content (AvgIpc) is 2.28. The Morgan fingerprint density at radius 3 is 2.94 bits per heavy atom. The molecule has 0 aliphatic carbocycles. The molecule has 16 heavy (non-hydrogen) atoms. The van der Waals surface area contributed by atoms with E-state index >= 15 is 0 Å². The minimum absolute atomic E-state index is 0.312. The molecular weight excluding hydrogens is 220 g/mol. The van der Waals surface area contributed by atoms with Crippen LogP contribution in [0.1, 0.15) is 33.6 Å². The van der Waals surface area contributed by atoms with Gasteiger partial charge in [0, 0.05) is 43.1 Å². The van der Waals surface area contributed by atoms with E-state index in [9.17, 15) is 4.79 Å². The number of hydrogen-bond donors (Lipinski definition) is 1. The van der Waals surface area contributed by atoms with Crippen molar-refractivity contribution in [2.75, 3.05) is 25.4 Å². The van der Waals surface area contributed by atoms with Crippen molar-refractivity contribution in [3.8, 4) is 0 Å². The van der Waals surface area contributed by atoms with Gasteiger partial charge in [0.25, 0.3) is 0 Å². The normalized spacial score (nSPS) is 21.5. The first-order chi connectivity index (χ1) is 7.63. The highest BCUT2D eigenvalue weighted by molar-refractivity contribution is 8.00. The van der Waals surface area contributed by atoms with E-state index in [1.807, 2.05) is 16.7 Å². The van der Waals surface area contributed by atoms with Crippen molar-refractivity contribution < 1.29 is 4.79 Å². The van der Waals surface area contributed by atoms with Crippen molar-refractivity contribution in [1.82, 2.24) is 10.2 Å². The SMILES string of the molecule is CCC1CN(C(=O)CCNC(C)C)CCS1. The van der Waals surface area contributed by atoms with Crippen LogP contribution in [-0.4, -0.2) is 47.5 Å². The molecule has 3 nitrogen and oxygen atoms in total. The van der Waals surface area contributed by atoms with Gasteiger partial charge in [0.15, 0.2) is 0 Å². The topological polar surface area (TPSA) is 32.3 Å². The van der Waals surface area contributed by atoms with E-state index in [2.05, 4.69) is 26.1 Å². The molecule has 1 rings (SSSR count). The summed E-state index contributed by atoms with van der Waals surface area (Å²) in [5.41, 5.74) is 0. The molecule has 1 heterocycles. The molecule has 0 aromatic carbocycles. The first kappa shape index (κ1) is 13.8. The predicted octanol–water partition coefficient (Wildman–Crippen LogP) is 1.73. The average molecular weight is 244 g/mol. The van der Waals surface area contributed by atoms with Crippen LogP contribution in [0.5, 0.6) is 0 Å². The molecule has 0 aromatic rings. The van der Waals surface area contributed by atoms with Gasteiger partial charge in [-0.3, -0.25) is 4.79 Å². The van der Waals surface area contributed by atoms with Crippen LogP contribution in [-0.2, 0) is 4.79 Å². The van der Waals surface area contributed by atoms with Crippen LogP contribution in [0.15, 0.2) is 0 Å². The van der Waals surface area contributed by atoms with Gasteiger partial charge in [0.05, 0.1) is 0 Å². The van der Waals surface area contributed by atoms with Crippen molar-refractivity contribution in [2.45, 2.75) is 44.9 Å². The number of nitrogens with zero attached hydrogens (tertiary/aromatic N) is 1. The summed E-state index contributed by atoms with van der Waals surface area (Å²) >= 11 is 2.00. The quantitative estimate of drug-likeness (QED) is 0.799. The number of amides is 1. The maximum atomic E-state index is 11.9. The van der Waals surface area contributed by atoms with Gasteiger partial charge in [0.2, 0.25) is 5.91 Å². The third kappa shape index (κ3) is 4.74. The summed E-state index contributed by atoms with van der Waals surface area (Å²) in [6, 6.07) is 0.466. The number of hydrogen-bond acceptors (Lipinski definition) is 3. The number of rotatable bonds is 5. The molecule has 1 fully saturated rings. The first-order valence-corrected chi connectivity index (χ1v) is 7.31. The van der Waals surface area contributed by atoms with Gasteiger partial charge >= 0.3 is 0 Å². The molecule has 1 unspecified atom stereocenters. The Morgan fingerprint density at radius 2 is 2.31 bits per heavy atom. The summed E-state index contributed by atoms with van der Waals surface area (Å²) in [5.74, 6) is 1.41. The third-order valence-electron chi connectivity index (χ3n) is 2.84. The van der Waals surface area contributed by atoms with Crippen molar-refractivity contribution in [3.63, 3.8) is 0 Å². The highest BCUT2D eigenvalue weighted by Crippen LogP contribution is 2.21. The molecule has 1 aliphatic rings. The zero-order valence-corrected chi connectivity index (χ0v) is 11.5. The molecule has 1 saturated heterocycles. The number of carbonyl (C=O) groups excluding carboxylic acids is 1.